The van der Waals surface area contributed by atoms with Gasteiger partial charge in [0.1, 0.15) is 5.75 Å². The van der Waals surface area contributed by atoms with Gasteiger partial charge < -0.3 is 20.9 Å². The molecule has 0 spiro atoms. The van der Waals surface area contributed by atoms with E-state index < -0.39 is 24.2 Å². The zero-order valence-electron chi connectivity index (χ0n) is 12.5. The van der Waals surface area contributed by atoms with Crippen molar-refractivity contribution in [2.75, 3.05) is 5.32 Å². The molecule has 0 aromatic heterocycles. The van der Waals surface area contributed by atoms with Crippen LogP contribution in [0.1, 0.15) is 30.1 Å². The van der Waals surface area contributed by atoms with Gasteiger partial charge >= 0.3 is 12.1 Å². The molecule has 0 aliphatic carbocycles. The number of carboxylic acids is 1. The maximum atomic E-state index is 11.6. The first-order chi connectivity index (χ1) is 11.1. The number of ether oxygens (including phenoxy) is 1. The van der Waals surface area contributed by atoms with Crippen LogP contribution in [0.3, 0.4) is 0 Å². The molecule has 0 bridgehead atoms. The summed E-state index contributed by atoms with van der Waals surface area (Å²) in [6.07, 6.45) is -4.08. The van der Waals surface area contributed by atoms with E-state index in [9.17, 15) is 22.8 Å². The molecular weight excluding hydrogens is 333 g/mol. The summed E-state index contributed by atoms with van der Waals surface area (Å²) in [5.74, 6) is -2.92. The molecule has 1 atom stereocenters. The molecule has 0 saturated heterocycles. The largest absolute Gasteiger partial charge is 0.490 e. The molecule has 1 unspecified atom stereocenters. The highest BCUT2D eigenvalue weighted by atomic mass is 19.4. The number of amides is 2. The van der Waals surface area contributed by atoms with Crippen LogP contribution in [-0.2, 0) is 9.59 Å². The number of hydrogen-bond acceptors (Lipinski definition) is 4. The molecule has 0 radical (unpaired) electrons. The third-order valence-corrected chi connectivity index (χ3v) is 2.88. The number of hydrogen-bond donors (Lipinski definition) is 3. The Morgan fingerprint density at radius 2 is 1.96 bits per heavy atom. The maximum Gasteiger partial charge on any atom is 0.490 e. The van der Waals surface area contributed by atoms with E-state index in [1.807, 2.05) is 6.92 Å². The van der Waals surface area contributed by atoms with Crippen LogP contribution in [-0.4, -0.2) is 35.2 Å². The van der Waals surface area contributed by atoms with Crippen molar-refractivity contribution in [3.05, 3.63) is 23.8 Å². The summed E-state index contributed by atoms with van der Waals surface area (Å²) in [4.78, 5) is 31.6. The number of benzene rings is 1. The van der Waals surface area contributed by atoms with Crippen LogP contribution in [0.25, 0.3) is 0 Å². The SMILES string of the molecule is CCCC1Oc2cc(C(N)=O)ccc2NC1=O.O=C(O)C(F)(F)F. The predicted molar refractivity (Wildman–Crippen MR) is 76.6 cm³/mol. The summed E-state index contributed by atoms with van der Waals surface area (Å²) in [5, 5.41) is 9.87. The second-order valence-corrected chi connectivity index (χ2v) is 4.76. The minimum Gasteiger partial charge on any atom is -0.478 e. The Morgan fingerprint density at radius 3 is 2.42 bits per heavy atom. The van der Waals surface area contributed by atoms with Crippen molar-refractivity contribution in [2.45, 2.75) is 32.0 Å². The van der Waals surface area contributed by atoms with Crippen LogP contribution in [0.5, 0.6) is 5.75 Å². The van der Waals surface area contributed by atoms with E-state index in [0.717, 1.165) is 6.42 Å². The van der Waals surface area contributed by atoms with Crippen LogP contribution in [0.4, 0.5) is 18.9 Å². The first kappa shape index (κ1) is 19.3. The summed E-state index contributed by atoms with van der Waals surface area (Å²) in [6.45, 7) is 1.98. The highest BCUT2D eigenvalue weighted by molar-refractivity contribution is 5.99. The minimum absolute atomic E-state index is 0.147. The quantitative estimate of drug-likeness (QED) is 0.771. The number of carbonyl (C=O) groups excluding carboxylic acids is 2. The lowest BCUT2D eigenvalue weighted by Crippen LogP contribution is -2.36. The topological polar surface area (TPSA) is 119 Å². The number of anilines is 1. The second kappa shape index (κ2) is 7.66. The maximum absolute atomic E-state index is 11.6. The van der Waals surface area contributed by atoms with Crippen LogP contribution in [0.2, 0.25) is 0 Å². The molecule has 2 rings (SSSR count). The molecule has 1 aliphatic rings. The highest BCUT2D eigenvalue weighted by Crippen LogP contribution is 2.31. The number of nitrogens with two attached hydrogens (primary N) is 1. The molecule has 2 amide bonds. The fourth-order valence-corrected chi connectivity index (χ4v) is 1.75. The monoisotopic (exact) mass is 348 g/mol. The number of carboxylic acid groups (broad SMARTS) is 1. The number of rotatable bonds is 3. The lowest BCUT2D eigenvalue weighted by molar-refractivity contribution is -0.192. The molecule has 0 saturated carbocycles. The summed E-state index contributed by atoms with van der Waals surface area (Å²) < 4.78 is 37.3. The Labute approximate surface area is 134 Å². The van der Waals surface area contributed by atoms with Crippen LogP contribution < -0.4 is 15.8 Å². The molecule has 1 aromatic rings. The van der Waals surface area contributed by atoms with Gasteiger partial charge in [-0.25, -0.2) is 4.79 Å². The van der Waals surface area contributed by atoms with Gasteiger partial charge in [0.25, 0.3) is 5.91 Å². The number of aliphatic carboxylic acids is 1. The van der Waals surface area contributed by atoms with Crippen molar-refractivity contribution < 1.29 is 37.4 Å². The minimum atomic E-state index is -5.08. The normalized spacial score (nSPS) is 16.0. The summed E-state index contributed by atoms with van der Waals surface area (Å²) in [7, 11) is 0. The first-order valence-corrected chi connectivity index (χ1v) is 6.77. The third-order valence-electron chi connectivity index (χ3n) is 2.88. The van der Waals surface area contributed by atoms with Gasteiger partial charge in [-0.2, -0.15) is 13.2 Å². The number of carbonyl (C=O) groups is 3. The van der Waals surface area contributed by atoms with Gasteiger partial charge in [-0.05, 0) is 24.6 Å². The van der Waals surface area contributed by atoms with E-state index in [0.29, 0.717) is 23.4 Å². The molecular formula is C14H15F3N2O5. The molecule has 132 valence electrons. The molecule has 4 N–H and O–H groups in total. The number of primary amides is 1. The zero-order valence-corrected chi connectivity index (χ0v) is 12.5. The van der Waals surface area contributed by atoms with Crippen molar-refractivity contribution in [1.82, 2.24) is 0 Å². The third kappa shape index (κ3) is 5.14. The van der Waals surface area contributed by atoms with Crippen molar-refractivity contribution in [3.8, 4) is 5.75 Å². The van der Waals surface area contributed by atoms with Crippen LogP contribution in [0.15, 0.2) is 18.2 Å². The number of fused-ring (bicyclic) bond motifs is 1. The Morgan fingerprint density at radius 1 is 1.38 bits per heavy atom. The van der Waals surface area contributed by atoms with Gasteiger partial charge in [-0.15, -0.1) is 0 Å². The summed E-state index contributed by atoms with van der Waals surface area (Å²) in [5.41, 5.74) is 6.13. The van der Waals surface area contributed by atoms with E-state index in [-0.39, 0.29) is 5.91 Å². The average Bonchev–Trinajstić information content (AvgIpc) is 2.47. The molecule has 0 fully saturated rings. The Bertz CT molecular complexity index is 646. The molecule has 1 heterocycles. The molecule has 1 aliphatic heterocycles. The second-order valence-electron chi connectivity index (χ2n) is 4.76. The van der Waals surface area contributed by atoms with E-state index in [1.54, 1.807) is 18.2 Å². The van der Waals surface area contributed by atoms with Gasteiger partial charge in [0.15, 0.2) is 6.10 Å². The van der Waals surface area contributed by atoms with E-state index in [2.05, 4.69) is 5.32 Å². The zero-order chi connectivity index (χ0) is 18.5. The smallest absolute Gasteiger partial charge is 0.478 e. The van der Waals surface area contributed by atoms with Gasteiger partial charge in [-0.3, -0.25) is 9.59 Å². The predicted octanol–water partition coefficient (Wildman–Crippen LogP) is 1.92. The van der Waals surface area contributed by atoms with Crippen molar-refractivity contribution in [1.29, 1.82) is 0 Å². The number of halogens is 3. The van der Waals surface area contributed by atoms with Crippen molar-refractivity contribution >= 4 is 23.5 Å². The Hall–Kier alpha value is -2.78. The summed E-state index contributed by atoms with van der Waals surface area (Å²) in [6, 6.07) is 4.74. The highest BCUT2D eigenvalue weighted by Gasteiger charge is 2.38. The Balaban J connectivity index is 0.000000351. The van der Waals surface area contributed by atoms with Gasteiger partial charge in [0.05, 0.1) is 5.69 Å². The fourth-order valence-electron chi connectivity index (χ4n) is 1.75. The standard InChI is InChI=1S/C12H14N2O3.C2HF3O2/c1-2-3-9-12(16)14-8-5-4-7(11(13)15)6-10(8)17-9;3-2(4,5)1(6)7/h4-6,9H,2-3H2,1H3,(H2,13,15)(H,14,16);(H,6,7). The lowest BCUT2D eigenvalue weighted by Gasteiger charge is -2.25. The number of nitrogens with one attached hydrogen (secondary N) is 1. The molecule has 1 aromatic carbocycles. The van der Waals surface area contributed by atoms with Crippen LogP contribution in [0, 0.1) is 0 Å². The van der Waals surface area contributed by atoms with E-state index in [4.69, 9.17) is 20.4 Å². The van der Waals surface area contributed by atoms with Crippen molar-refractivity contribution in [3.63, 3.8) is 0 Å². The molecule has 24 heavy (non-hydrogen) atoms. The van der Waals surface area contributed by atoms with Gasteiger partial charge in [0.2, 0.25) is 5.91 Å². The summed E-state index contributed by atoms with van der Waals surface area (Å²) >= 11 is 0. The number of alkyl halides is 3. The van der Waals surface area contributed by atoms with E-state index in [1.165, 1.54) is 0 Å². The fraction of sp³-hybridized carbons (Fsp3) is 0.357. The van der Waals surface area contributed by atoms with Crippen LogP contribution >= 0.6 is 0 Å². The van der Waals surface area contributed by atoms with E-state index >= 15 is 0 Å². The lowest BCUT2D eigenvalue weighted by atomic mass is 10.1. The molecule has 10 heteroatoms. The average molecular weight is 348 g/mol. The van der Waals surface area contributed by atoms with Gasteiger partial charge in [-0.1, -0.05) is 13.3 Å². The molecule has 7 nitrogen and oxygen atoms in total. The first-order valence-electron chi connectivity index (χ1n) is 6.77. The van der Waals surface area contributed by atoms with Gasteiger partial charge in [0, 0.05) is 5.56 Å². The Kier molecular flexibility index (Phi) is 6.15. The van der Waals surface area contributed by atoms with Crippen molar-refractivity contribution in [2.24, 2.45) is 5.73 Å².